The van der Waals surface area contributed by atoms with E-state index < -0.39 is 0 Å². The van der Waals surface area contributed by atoms with Crippen molar-refractivity contribution >= 4 is 5.91 Å². The van der Waals surface area contributed by atoms with Gasteiger partial charge in [0.15, 0.2) is 11.5 Å². The zero-order chi connectivity index (χ0) is 16.5. The fourth-order valence-electron chi connectivity index (χ4n) is 3.38. The van der Waals surface area contributed by atoms with Crippen LogP contribution in [-0.2, 0) is 0 Å². The van der Waals surface area contributed by atoms with Crippen molar-refractivity contribution in [3.63, 3.8) is 0 Å². The van der Waals surface area contributed by atoms with E-state index in [9.17, 15) is 9.18 Å². The van der Waals surface area contributed by atoms with Gasteiger partial charge in [0.1, 0.15) is 19.0 Å². The molecule has 2 heterocycles. The number of likely N-dealkylation sites (tertiary alicyclic amines) is 1. The van der Waals surface area contributed by atoms with Gasteiger partial charge in [-0.2, -0.15) is 0 Å². The number of carbonyl (C=O) groups excluding carboxylic acids is 1. The van der Waals surface area contributed by atoms with Crippen molar-refractivity contribution in [3.8, 4) is 11.5 Å². The van der Waals surface area contributed by atoms with E-state index >= 15 is 0 Å². The van der Waals surface area contributed by atoms with Gasteiger partial charge in [-0.15, -0.1) is 0 Å². The third-order valence-corrected chi connectivity index (χ3v) is 4.56. The van der Waals surface area contributed by atoms with Gasteiger partial charge in [-0.05, 0) is 54.8 Å². The third-order valence-electron chi connectivity index (χ3n) is 4.56. The molecule has 2 aliphatic rings. The van der Waals surface area contributed by atoms with E-state index in [2.05, 4.69) is 0 Å². The molecule has 2 aliphatic heterocycles. The summed E-state index contributed by atoms with van der Waals surface area (Å²) in [6.45, 7) is 1.81. The Kier molecular flexibility index (Phi) is 3.84. The largest absolute Gasteiger partial charge is 0.486 e. The van der Waals surface area contributed by atoms with Crippen molar-refractivity contribution < 1.29 is 18.7 Å². The summed E-state index contributed by atoms with van der Waals surface area (Å²) in [5.41, 5.74) is 1.56. The summed E-state index contributed by atoms with van der Waals surface area (Å²) >= 11 is 0. The van der Waals surface area contributed by atoms with Crippen LogP contribution in [0.5, 0.6) is 11.5 Å². The Hall–Kier alpha value is -2.56. The number of rotatable bonds is 2. The van der Waals surface area contributed by atoms with Crippen LogP contribution in [0.1, 0.15) is 34.8 Å². The van der Waals surface area contributed by atoms with Gasteiger partial charge in [0.2, 0.25) is 0 Å². The second-order valence-corrected chi connectivity index (χ2v) is 6.07. The van der Waals surface area contributed by atoms with Crippen LogP contribution in [0.15, 0.2) is 42.5 Å². The second-order valence-electron chi connectivity index (χ2n) is 6.07. The van der Waals surface area contributed by atoms with Gasteiger partial charge in [-0.1, -0.05) is 6.07 Å². The zero-order valence-electron chi connectivity index (χ0n) is 13.2. The average Bonchev–Trinajstić information content (AvgIpc) is 3.11. The maximum atomic E-state index is 13.1. The Labute approximate surface area is 139 Å². The molecule has 1 saturated heterocycles. The molecule has 1 amide bonds. The summed E-state index contributed by atoms with van der Waals surface area (Å²) in [6, 6.07) is 11.6. The molecule has 2 aromatic rings. The monoisotopic (exact) mass is 327 g/mol. The summed E-state index contributed by atoms with van der Waals surface area (Å²) in [5, 5.41) is 0. The van der Waals surface area contributed by atoms with Gasteiger partial charge in [0.25, 0.3) is 5.91 Å². The highest BCUT2D eigenvalue weighted by Gasteiger charge is 2.31. The van der Waals surface area contributed by atoms with E-state index in [1.165, 1.54) is 24.3 Å². The number of carbonyl (C=O) groups is 1. The Morgan fingerprint density at radius 3 is 2.58 bits per heavy atom. The van der Waals surface area contributed by atoms with Gasteiger partial charge >= 0.3 is 0 Å². The van der Waals surface area contributed by atoms with Crippen molar-refractivity contribution in [2.24, 2.45) is 0 Å². The van der Waals surface area contributed by atoms with Crippen LogP contribution in [0.25, 0.3) is 0 Å². The lowest BCUT2D eigenvalue weighted by molar-refractivity contribution is 0.0735. The maximum absolute atomic E-state index is 13.1. The molecule has 1 atom stereocenters. The minimum Gasteiger partial charge on any atom is -0.486 e. The number of fused-ring (bicyclic) bond motifs is 1. The predicted molar refractivity (Wildman–Crippen MR) is 86.8 cm³/mol. The highest BCUT2D eigenvalue weighted by Crippen LogP contribution is 2.38. The first-order valence-electron chi connectivity index (χ1n) is 8.18. The molecular formula is C19H18FNO3. The van der Waals surface area contributed by atoms with Crippen LogP contribution in [0.2, 0.25) is 0 Å². The van der Waals surface area contributed by atoms with Crippen LogP contribution >= 0.6 is 0 Å². The normalized spacial score (nSPS) is 19.4. The van der Waals surface area contributed by atoms with Gasteiger partial charge in [-0.25, -0.2) is 4.39 Å². The van der Waals surface area contributed by atoms with Crippen molar-refractivity contribution in [2.75, 3.05) is 19.8 Å². The molecule has 0 bridgehead atoms. The lowest BCUT2D eigenvalue weighted by atomic mass is 10.0. The first-order chi connectivity index (χ1) is 11.7. The SMILES string of the molecule is O=C(c1ccc(F)cc1)N1CCC[C@H]1c1ccc2c(c1)OCCO2. The Morgan fingerprint density at radius 2 is 1.79 bits per heavy atom. The first kappa shape index (κ1) is 15.0. The fourth-order valence-corrected chi connectivity index (χ4v) is 3.38. The number of nitrogens with zero attached hydrogens (tertiary/aromatic N) is 1. The molecule has 1 fully saturated rings. The van der Waals surface area contributed by atoms with Crippen LogP contribution in [0.3, 0.4) is 0 Å². The molecule has 4 rings (SSSR count). The second kappa shape index (κ2) is 6.15. The quantitative estimate of drug-likeness (QED) is 0.846. The molecular weight excluding hydrogens is 309 g/mol. The van der Waals surface area contributed by atoms with Crippen LogP contribution in [0, 0.1) is 5.82 Å². The summed E-state index contributed by atoms with van der Waals surface area (Å²) in [5.74, 6) is 1.09. The van der Waals surface area contributed by atoms with Gasteiger partial charge < -0.3 is 14.4 Å². The van der Waals surface area contributed by atoms with E-state index in [0.717, 1.165) is 29.9 Å². The predicted octanol–water partition coefficient (Wildman–Crippen LogP) is 3.57. The van der Waals surface area contributed by atoms with Crippen molar-refractivity contribution in [1.29, 1.82) is 0 Å². The Morgan fingerprint density at radius 1 is 1.04 bits per heavy atom. The molecule has 0 spiro atoms. The number of halogens is 1. The molecule has 0 saturated carbocycles. The lowest BCUT2D eigenvalue weighted by Crippen LogP contribution is -2.30. The fraction of sp³-hybridized carbons (Fsp3) is 0.316. The molecule has 0 N–H and O–H groups in total. The first-order valence-corrected chi connectivity index (χ1v) is 8.18. The zero-order valence-corrected chi connectivity index (χ0v) is 13.2. The van der Waals surface area contributed by atoms with Gasteiger partial charge in [0, 0.05) is 12.1 Å². The molecule has 124 valence electrons. The highest BCUT2D eigenvalue weighted by atomic mass is 19.1. The summed E-state index contributed by atoms with van der Waals surface area (Å²) < 4.78 is 24.3. The third kappa shape index (κ3) is 2.70. The minimum atomic E-state index is -0.337. The molecule has 5 heteroatoms. The summed E-state index contributed by atoms with van der Waals surface area (Å²) in [6.07, 6.45) is 1.86. The van der Waals surface area contributed by atoms with E-state index in [1.807, 2.05) is 23.1 Å². The standard InChI is InChI=1S/C19H18FNO3/c20-15-6-3-13(4-7-15)19(22)21-9-1-2-16(21)14-5-8-17-18(12-14)24-11-10-23-17/h3-8,12,16H,1-2,9-11H2/t16-/m0/s1. The van der Waals surface area contributed by atoms with Crippen molar-refractivity contribution in [3.05, 3.63) is 59.4 Å². The number of benzene rings is 2. The summed E-state index contributed by atoms with van der Waals surface area (Å²) in [4.78, 5) is 14.6. The van der Waals surface area contributed by atoms with Crippen molar-refractivity contribution in [2.45, 2.75) is 18.9 Å². The Balaban J connectivity index is 1.60. The molecule has 0 aromatic heterocycles. The smallest absolute Gasteiger partial charge is 0.254 e. The molecule has 2 aromatic carbocycles. The van der Waals surface area contributed by atoms with Crippen LogP contribution < -0.4 is 9.47 Å². The van der Waals surface area contributed by atoms with E-state index in [0.29, 0.717) is 25.3 Å². The van der Waals surface area contributed by atoms with E-state index in [4.69, 9.17) is 9.47 Å². The molecule has 4 nitrogen and oxygen atoms in total. The lowest BCUT2D eigenvalue weighted by Gasteiger charge is -2.27. The van der Waals surface area contributed by atoms with Crippen LogP contribution in [0.4, 0.5) is 4.39 Å². The molecule has 0 aliphatic carbocycles. The van der Waals surface area contributed by atoms with E-state index in [-0.39, 0.29) is 17.8 Å². The van der Waals surface area contributed by atoms with Gasteiger partial charge in [0.05, 0.1) is 6.04 Å². The van der Waals surface area contributed by atoms with E-state index in [1.54, 1.807) is 0 Å². The summed E-state index contributed by atoms with van der Waals surface area (Å²) in [7, 11) is 0. The number of amides is 1. The average molecular weight is 327 g/mol. The Bertz CT molecular complexity index is 760. The molecule has 0 unspecified atom stereocenters. The topological polar surface area (TPSA) is 38.8 Å². The maximum Gasteiger partial charge on any atom is 0.254 e. The van der Waals surface area contributed by atoms with Crippen LogP contribution in [-0.4, -0.2) is 30.6 Å². The van der Waals surface area contributed by atoms with Crippen molar-refractivity contribution in [1.82, 2.24) is 4.90 Å². The minimum absolute atomic E-state index is 0.0124. The molecule has 0 radical (unpaired) electrons. The number of hydrogen-bond acceptors (Lipinski definition) is 3. The highest BCUT2D eigenvalue weighted by molar-refractivity contribution is 5.94. The molecule has 24 heavy (non-hydrogen) atoms. The number of ether oxygens (including phenoxy) is 2. The number of hydrogen-bond donors (Lipinski definition) is 0. The van der Waals surface area contributed by atoms with Gasteiger partial charge in [-0.3, -0.25) is 4.79 Å².